The Labute approximate surface area is 130 Å². The summed E-state index contributed by atoms with van der Waals surface area (Å²) in [5, 5.41) is 0. The summed E-state index contributed by atoms with van der Waals surface area (Å²) in [7, 11) is 0. The summed E-state index contributed by atoms with van der Waals surface area (Å²) in [6.45, 7) is 0.979. The fourth-order valence-corrected chi connectivity index (χ4v) is 2.22. The maximum atomic E-state index is 13.0. The van der Waals surface area contributed by atoms with Crippen molar-refractivity contribution in [2.75, 3.05) is 13.2 Å². The molecule has 2 nitrogen and oxygen atoms in total. The van der Waals surface area contributed by atoms with E-state index in [2.05, 4.69) is 0 Å². The molecular formula is C14H21F7O2. The van der Waals surface area contributed by atoms with Crippen LogP contribution in [-0.4, -0.2) is 37.5 Å². The molecule has 0 aromatic carbocycles. The lowest BCUT2D eigenvalue weighted by Gasteiger charge is -2.28. The monoisotopic (exact) mass is 354 g/mol. The molecule has 23 heavy (non-hydrogen) atoms. The van der Waals surface area contributed by atoms with Crippen molar-refractivity contribution in [1.29, 1.82) is 0 Å². The van der Waals surface area contributed by atoms with Crippen LogP contribution in [0.4, 0.5) is 30.7 Å². The van der Waals surface area contributed by atoms with Crippen LogP contribution in [0.5, 0.6) is 0 Å². The van der Waals surface area contributed by atoms with E-state index in [1.165, 1.54) is 0 Å². The van der Waals surface area contributed by atoms with E-state index >= 15 is 0 Å². The van der Waals surface area contributed by atoms with Gasteiger partial charge in [0.15, 0.2) is 6.29 Å². The van der Waals surface area contributed by atoms with Gasteiger partial charge in [-0.1, -0.05) is 12.8 Å². The summed E-state index contributed by atoms with van der Waals surface area (Å²) >= 11 is 0. The number of alkyl halides is 7. The molecule has 0 radical (unpaired) electrons. The Hall–Kier alpha value is -0.570. The van der Waals surface area contributed by atoms with Gasteiger partial charge in [-0.3, -0.25) is 0 Å². The number of unbranched alkanes of at least 4 members (excludes halogenated alkanes) is 3. The first-order valence-corrected chi connectivity index (χ1v) is 7.63. The Morgan fingerprint density at radius 3 is 2.09 bits per heavy atom. The smallest absolute Gasteiger partial charge is 0.353 e. The molecular weight excluding hydrogens is 333 g/mol. The second-order valence-corrected chi connectivity index (χ2v) is 5.61. The van der Waals surface area contributed by atoms with Gasteiger partial charge in [0, 0.05) is 19.6 Å². The van der Waals surface area contributed by atoms with Gasteiger partial charge < -0.3 is 9.47 Å². The predicted octanol–water partition coefficient (Wildman–Crippen LogP) is 5.31. The Kier molecular flexibility index (Phi) is 7.57. The highest BCUT2D eigenvalue weighted by atomic mass is 19.4. The molecule has 1 aliphatic rings. The Morgan fingerprint density at radius 2 is 1.52 bits per heavy atom. The first kappa shape index (κ1) is 20.5. The third kappa shape index (κ3) is 6.10. The average molecular weight is 354 g/mol. The number of hydrogen-bond donors (Lipinski definition) is 0. The van der Waals surface area contributed by atoms with Crippen LogP contribution in [0.15, 0.2) is 0 Å². The van der Waals surface area contributed by atoms with Crippen molar-refractivity contribution in [1.82, 2.24) is 0 Å². The fourth-order valence-electron chi connectivity index (χ4n) is 2.22. The highest BCUT2D eigenvalue weighted by Crippen LogP contribution is 2.48. The molecule has 1 aliphatic heterocycles. The van der Waals surface area contributed by atoms with Crippen LogP contribution in [0.3, 0.4) is 0 Å². The molecule has 0 spiro atoms. The largest absolute Gasteiger partial charge is 0.459 e. The minimum Gasteiger partial charge on any atom is -0.353 e. The van der Waals surface area contributed by atoms with Crippen LogP contribution in [-0.2, 0) is 9.47 Å². The van der Waals surface area contributed by atoms with E-state index in [1.54, 1.807) is 0 Å². The summed E-state index contributed by atoms with van der Waals surface area (Å²) < 4.78 is 97.7. The van der Waals surface area contributed by atoms with Crippen LogP contribution in [0.25, 0.3) is 0 Å². The summed E-state index contributed by atoms with van der Waals surface area (Å²) in [6.07, 6.45) is -4.56. The quantitative estimate of drug-likeness (QED) is 0.412. The Bertz CT molecular complexity index is 339. The van der Waals surface area contributed by atoms with Gasteiger partial charge in [-0.25, -0.2) is 0 Å². The third-order valence-electron chi connectivity index (χ3n) is 3.64. The van der Waals surface area contributed by atoms with Crippen LogP contribution in [0.1, 0.15) is 51.4 Å². The molecule has 1 unspecified atom stereocenters. The molecule has 138 valence electrons. The summed E-state index contributed by atoms with van der Waals surface area (Å²) in [5.41, 5.74) is 0. The SMILES string of the molecule is FC(F)(F)C(F)(F)C(F)(F)CCCCCCOC1CCCCO1. The maximum Gasteiger partial charge on any atom is 0.459 e. The van der Waals surface area contributed by atoms with Gasteiger partial charge in [0.25, 0.3) is 0 Å². The molecule has 1 rings (SSSR count). The first-order chi connectivity index (χ1) is 10.6. The van der Waals surface area contributed by atoms with Crippen LogP contribution in [0.2, 0.25) is 0 Å². The van der Waals surface area contributed by atoms with Gasteiger partial charge in [0.2, 0.25) is 0 Å². The van der Waals surface area contributed by atoms with Gasteiger partial charge >= 0.3 is 18.0 Å². The molecule has 0 aliphatic carbocycles. The van der Waals surface area contributed by atoms with E-state index in [1.807, 2.05) is 0 Å². The zero-order chi connectivity index (χ0) is 17.6. The van der Waals surface area contributed by atoms with Gasteiger partial charge in [0.1, 0.15) is 0 Å². The third-order valence-corrected chi connectivity index (χ3v) is 3.64. The van der Waals surface area contributed by atoms with E-state index in [9.17, 15) is 30.7 Å². The fraction of sp³-hybridized carbons (Fsp3) is 1.00. The summed E-state index contributed by atoms with van der Waals surface area (Å²) in [4.78, 5) is 0. The minimum atomic E-state index is -6.25. The highest BCUT2D eigenvalue weighted by Gasteiger charge is 2.72. The van der Waals surface area contributed by atoms with Crippen molar-refractivity contribution in [2.45, 2.75) is 75.7 Å². The molecule has 0 aromatic heterocycles. The molecule has 0 saturated carbocycles. The first-order valence-electron chi connectivity index (χ1n) is 7.63. The standard InChI is InChI=1S/C14H21F7O2/c15-12(16,13(17,18)14(19,20)21)8-4-1-2-5-9-22-11-7-3-6-10-23-11/h11H,1-10H2. The maximum absolute atomic E-state index is 13.0. The lowest BCUT2D eigenvalue weighted by molar-refractivity contribution is -0.355. The zero-order valence-electron chi connectivity index (χ0n) is 12.6. The summed E-state index contributed by atoms with van der Waals surface area (Å²) in [6, 6.07) is 0. The van der Waals surface area contributed by atoms with E-state index in [0.717, 1.165) is 19.3 Å². The highest BCUT2D eigenvalue weighted by molar-refractivity contribution is 4.90. The van der Waals surface area contributed by atoms with E-state index in [-0.39, 0.29) is 12.7 Å². The molecule has 0 amide bonds. The molecule has 1 fully saturated rings. The van der Waals surface area contributed by atoms with Crippen molar-refractivity contribution in [3.05, 3.63) is 0 Å². The Balaban J connectivity index is 2.14. The normalized spacial score (nSPS) is 20.7. The second-order valence-electron chi connectivity index (χ2n) is 5.61. The van der Waals surface area contributed by atoms with Crippen molar-refractivity contribution in [3.8, 4) is 0 Å². The molecule has 1 heterocycles. The van der Waals surface area contributed by atoms with Crippen molar-refractivity contribution in [3.63, 3.8) is 0 Å². The number of hydrogen-bond acceptors (Lipinski definition) is 2. The number of halogens is 7. The lowest BCUT2D eigenvalue weighted by Crippen LogP contribution is -2.51. The van der Waals surface area contributed by atoms with Gasteiger partial charge in [-0.2, -0.15) is 30.7 Å². The topological polar surface area (TPSA) is 18.5 Å². The van der Waals surface area contributed by atoms with Crippen LogP contribution < -0.4 is 0 Å². The van der Waals surface area contributed by atoms with E-state index in [0.29, 0.717) is 26.1 Å². The predicted molar refractivity (Wildman–Crippen MR) is 68.6 cm³/mol. The second kappa shape index (κ2) is 8.50. The molecule has 0 bridgehead atoms. The molecule has 9 heteroatoms. The van der Waals surface area contributed by atoms with Crippen LogP contribution in [0, 0.1) is 0 Å². The molecule has 1 saturated heterocycles. The van der Waals surface area contributed by atoms with Crippen LogP contribution >= 0.6 is 0 Å². The van der Waals surface area contributed by atoms with E-state index in [4.69, 9.17) is 9.47 Å². The van der Waals surface area contributed by atoms with Crippen molar-refractivity contribution >= 4 is 0 Å². The molecule has 0 aromatic rings. The zero-order valence-corrected chi connectivity index (χ0v) is 12.6. The number of rotatable bonds is 9. The van der Waals surface area contributed by atoms with Gasteiger partial charge in [-0.15, -0.1) is 0 Å². The summed E-state index contributed by atoms with van der Waals surface area (Å²) in [5.74, 6) is -11.1. The molecule has 1 atom stereocenters. The minimum absolute atomic E-state index is 0.137. The van der Waals surface area contributed by atoms with E-state index < -0.39 is 30.9 Å². The Morgan fingerprint density at radius 1 is 0.870 bits per heavy atom. The van der Waals surface area contributed by atoms with Gasteiger partial charge in [0.05, 0.1) is 0 Å². The van der Waals surface area contributed by atoms with Crippen molar-refractivity contribution < 1.29 is 40.2 Å². The van der Waals surface area contributed by atoms with Gasteiger partial charge in [-0.05, 0) is 32.1 Å². The van der Waals surface area contributed by atoms with Crippen molar-refractivity contribution in [2.24, 2.45) is 0 Å². The average Bonchev–Trinajstić information content (AvgIpc) is 2.46. The number of ether oxygens (including phenoxy) is 2. The molecule has 0 N–H and O–H groups in total. The lowest BCUT2D eigenvalue weighted by atomic mass is 10.0.